The predicted molar refractivity (Wildman–Crippen MR) is 55.6 cm³/mol. The van der Waals surface area contributed by atoms with E-state index in [2.05, 4.69) is 0 Å². The maximum atomic E-state index is 11.3. The number of aliphatic hydroxyl groups excluding tert-OH is 1. The standard InChI is InChI=1S/C9H19NO3S/c1-7(11)9(2,6-10)8-3-4-14(12,13)5-8/h7-8,11H,3-6,10H2,1-2H3. The van der Waals surface area contributed by atoms with E-state index in [0.29, 0.717) is 13.0 Å². The summed E-state index contributed by atoms with van der Waals surface area (Å²) >= 11 is 0. The SMILES string of the molecule is CC(O)C(C)(CN)C1CCS(=O)(=O)C1. The van der Waals surface area contributed by atoms with Gasteiger partial charge in [-0.15, -0.1) is 0 Å². The van der Waals surface area contributed by atoms with Crippen molar-refractivity contribution < 1.29 is 13.5 Å². The molecule has 1 aliphatic rings. The van der Waals surface area contributed by atoms with Crippen molar-refractivity contribution in [2.24, 2.45) is 17.1 Å². The second-order valence-electron chi connectivity index (χ2n) is 4.49. The Hall–Kier alpha value is -0.130. The molecule has 0 aromatic carbocycles. The fraction of sp³-hybridized carbons (Fsp3) is 1.00. The number of aliphatic hydroxyl groups is 1. The molecule has 1 aliphatic heterocycles. The van der Waals surface area contributed by atoms with Crippen molar-refractivity contribution >= 4 is 9.84 Å². The van der Waals surface area contributed by atoms with Gasteiger partial charge in [-0.05, 0) is 19.3 Å². The third-order valence-corrected chi connectivity index (χ3v) is 5.33. The largest absolute Gasteiger partial charge is 0.393 e. The summed E-state index contributed by atoms with van der Waals surface area (Å²) in [5.41, 5.74) is 5.15. The normalized spacial score (nSPS) is 32.4. The van der Waals surface area contributed by atoms with Crippen LogP contribution < -0.4 is 5.73 Å². The highest BCUT2D eigenvalue weighted by atomic mass is 32.2. The maximum Gasteiger partial charge on any atom is 0.150 e. The fourth-order valence-corrected chi connectivity index (χ4v) is 3.96. The van der Waals surface area contributed by atoms with Gasteiger partial charge in [-0.1, -0.05) is 6.92 Å². The molecule has 3 N–H and O–H groups in total. The molecular formula is C9H19NO3S. The number of hydrogen-bond donors (Lipinski definition) is 2. The molecule has 0 saturated carbocycles. The van der Waals surface area contributed by atoms with Crippen molar-refractivity contribution in [2.45, 2.75) is 26.4 Å². The molecule has 1 saturated heterocycles. The van der Waals surface area contributed by atoms with Crippen LogP contribution in [0.5, 0.6) is 0 Å². The molecule has 0 spiro atoms. The zero-order valence-corrected chi connectivity index (χ0v) is 9.55. The lowest BCUT2D eigenvalue weighted by molar-refractivity contribution is 0.0201. The molecule has 4 nitrogen and oxygen atoms in total. The first-order chi connectivity index (χ1) is 6.32. The van der Waals surface area contributed by atoms with Gasteiger partial charge in [0.15, 0.2) is 9.84 Å². The van der Waals surface area contributed by atoms with E-state index in [1.807, 2.05) is 6.92 Å². The summed E-state index contributed by atoms with van der Waals surface area (Å²) in [5, 5.41) is 9.63. The van der Waals surface area contributed by atoms with Crippen LogP contribution in [0.15, 0.2) is 0 Å². The van der Waals surface area contributed by atoms with E-state index in [1.165, 1.54) is 0 Å². The van der Waals surface area contributed by atoms with Crippen LogP contribution in [0.25, 0.3) is 0 Å². The lowest BCUT2D eigenvalue weighted by Crippen LogP contribution is -2.44. The van der Waals surface area contributed by atoms with Gasteiger partial charge >= 0.3 is 0 Å². The number of hydrogen-bond acceptors (Lipinski definition) is 4. The smallest absolute Gasteiger partial charge is 0.150 e. The highest BCUT2D eigenvalue weighted by molar-refractivity contribution is 7.91. The van der Waals surface area contributed by atoms with Crippen molar-refractivity contribution in [3.63, 3.8) is 0 Å². The molecule has 1 rings (SSSR count). The van der Waals surface area contributed by atoms with E-state index in [-0.39, 0.29) is 17.4 Å². The van der Waals surface area contributed by atoms with Crippen molar-refractivity contribution in [2.75, 3.05) is 18.1 Å². The highest BCUT2D eigenvalue weighted by Crippen LogP contribution is 2.37. The summed E-state index contributed by atoms with van der Waals surface area (Å²) in [4.78, 5) is 0. The van der Waals surface area contributed by atoms with Crippen LogP contribution >= 0.6 is 0 Å². The molecule has 0 aromatic rings. The van der Waals surface area contributed by atoms with Gasteiger partial charge in [-0.25, -0.2) is 8.42 Å². The van der Waals surface area contributed by atoms with Crippen LogP contribution in [0.1, 0.15) is 20.3 Å². The van der Waals surface area contributed by atoms with Crippen molar-refractivity contribution in [3.05, 3.63) is 0 Å². The van der Waals surface area contributed by atoms with Crippen LogP contribution in [0.3, 0.4) is 0 Å². The molecule has 3 unspecified atom stereocenters. The Balaban J connectivity index is 2.83. The molecular weight excluding hydrogens is 202 g/mol. The molecule has 1 heterocycles. The minimum absolute atomic E-state index is 0.00231. The van der Waals surface area contributed by atoms with Gasteiger partial charge in [0, 0.05) is 12.0 Å². The van der Waals surface area contributed by atoms with Crippen molar-refractivity contribution in [3.8, 4) is 0 Å². The molecule has 5 heteroatoms. The minimum atomic E-state index is -2.89. The Labute approximate surface area is 85.4 Å². The maximum absolute atomic E-state index is 11.3. The van der Waals surface area contributed by atoms with Crippen molar-refractivity contribution in [1.82, 2.24) is 0 Å². The molecule has 0 aliphatic carbocycles. The lowest BCUT2D eigenvalue weighted by atomic mass is 9.73. The van der Waals surface area contributed by atoms with Crippen LogP contribution in [0, 0.1) is 11.3 Å². The molecule has 84 valence electrons. The quantitative estimate of drug-likeness (QED) is 0.689. The Morgan fingerprint density at radius 1 is 1.64 bits per heavy atom. The first-order valence-corrected chi connectivity index (χ1v) is 6.72. The van der Waals surface area contributed by atoms with E-state index < -0.39 is 21.4 Å². The third-order valence-electron chi connectivity index (χ3n) is 3.56. The molecule has 0 aromatic heterocycles. The summed E-state index contributed by atoms with van der Waals surface area (Å²) in [7, 11) is -2.89. The minimum Gasteiger partial charge on any atom is -0.393 e. The number of rotatable bonds is 3. The monoisotopic (exact) mass is 221 g/mol. The summed E-state index contributed by atoms with van der Waals surface area (Å²) in [5.74, 6) is 0.406. The zero-order valence-electron chi connectivity index (χ0n) is 8.73. The van der Waals surface area contributed by atoms with Gasteiger partial charge in [0.1, 0.15) is 0 Å². The summed E-state index contributed by atoms with van der Waals surface area (Å²) in [6.45, 7) is 3.87. The third kappa shape index (κ3) is 2.10. The van der Waals surface area contributed by atoms with Crippen LogP contribution in [-0.2, 0) is 9.84 Å². The molecule has 0 bridgehead atoms. The van der Waals surface area contributed by atoms with Gasteiger partial charge in [-0.3, -0.25) is 0 Å². The van der Waals surface area contributed by atoms with Gasteiger partial charge < -0.3 is 10.8 Å². The number of sulfone groups is 1. The van der Waals surface area contributed by atoms with E-state index >= 15 is 0 Å². The molecule has 3 atom stereocenters. The predicted octanol–water partition coefficient (Wildman–Crippen LogP) is -0.233. The van der Waals surface area contributed by atoms with E-state index in [1.54, 1.807) is 6.92 Å². The van der Waals surface area contributed by atoms with Crippen LogP contribution in [0.2, 0.25) is 0 Å². The summed E-state index contributed by atoms with van der Waals surface area (Å²) in [6, 6.07) is 0. The Morgan fingerprint density at radius 3 is 2.50 bits per heavy atom. The van der Waals surface area contributed by atoms with Gasteiger partial charge in [0.05, 0.1) is 17.6 Å². The Bertz CT molecular complexity index is 299. The summed E-state index contributed by atoms with van der Waals surface area (Å²) in [6.07, 6.45) is 0.0619. The Kier molecular flexibility index (Phi) is 3.23. The average Bonchev–Trinajstić information content (AvgIpc) is 2.44. The molecule has 0 amide bonds. The first kappa shape index (κ1) is 11.9. The molecule has 0 radical (unpaired) electrons. The van der Waals surface area contributed by atoms with Gasteiger partial charge in [0.2, 0.25) is 0 Å². The van der Waals surface area contributed by atoms with E-state index in [9.17, 15) is 13.5 Å². The van der Waals surface area contributed by atoms with Crippen molar-refractivity contribution in [1.29, 1.82) is 0 Å². The molecule has 1 fully saturated rings. The van der Waals surface area contributed by atoms with Gasteiger partial charge in [0.25, 0.3) is 0 Å². The second-order valence-corrected chi connectivity index (χ2v) is 6.71. The summed E-state index contributed by atoms with van der Waals surface area (Å²) < 4.78 is 22.6. The topological polar surface area (TPSA) is 80.4 Å². The fourth-order valence-electron chi connectivity index (χ4n) is 1.99. The highest BCUT2D eigenvalue weighted by Gasteiger charge is 2.43. The van der Waals surface area contributed by atoms with E-state index in [4.69, 9.17) is 5.73 Å². The first-order valence-electron chi connectivity index (χ1n) is 4.90. The second kappa shape index (κ2) is 3.79. The zero-order chi connectivity index (χ0) is 11.0. The van der Waals surface area contributed by atoms with Crippen LogP contribution in [0.4, 0.5) is 0 Å². The van der Waals surface area contributed by atoms with Crippen LogP contribution in [-0.4, -0.2) is 37.7 Å². The van der Waals surface area contributed by atoms with Gasteiger partial charge in [-0.2, -0.15) is 0 Å². The number of nitrogens with two attached hydrogens (primary N) is 1. The molecule has 14 heavy (non-hydrogen) atoms. The Morgan fingerprint density at radius 2 is 2.21 bits per heavy atom. The average molecular weight is 221 g/mol. The van der Waals surface area contributed by atoms with E-state index in [0.717, 1.165) is 0 Å². The lowest BCUT2D eigenvalue weighted by Gasteiger charge is -2.36.